The van der Waals surface area contributed by atoms with Crippen LogP contribution in [-0.2, 0) is 8.85 Å². The molecule has 0 aromatic heterocycles. The number of fused-ring (bicyclic) bond motifs is 2. The van der Waals surface area contributed by atoms with Gasteiger partial charge in [-0.25, -0.2) is 0 Å². The lowest BCUT2D eigenvalue weighted by Crippen LogP contribution is -2.55. The Hall–Kier alpha value is -1.53. The van der Waals surface area contributed by atoms with Crippen molar-refractivity contribution in [1.29, 1.82) is 0 Å². The van der Waals surface area contributed by atoms with Crippen LogP contribution in [0.3, 0.4) is 0 Å². The maximum Gasteiger partial charge on any atom is 0.438 e. The molecule has 4 rings (SSSR count). The lowest BCUT2D eigenvalue weighted by Gasteiger charge is -2.52. The van der Waals surface area contributed by atoms with Crippen LogP contribution >= 0.6 is 0 Å². The van der Waals surface area contributed by atoms with Crippen LogP contribution in [0, 0.1) is 69.0 Å². The van der Waals surface area contributed by atoms with Gasteiger partial charge in [0, 0.05) is 18.9 Å². The van der Waals surface area contributed by atoms with E-state index < -0.39 is 80.7 Å². The molecular weight excluding hydrogens is 1060 g/mol. The summed E-state index contributed by atoms with van der Waals surface area (Å²) in [6.45, 7) is 32.9. The zero-order valence-corrected chi connectivity index (χ0v) is 50.8. The summed E-state index contributed by atoms with van der Waals surface area (Å²) in [6, 6.07) is 0. The van der Waals surface area contributed by atoms with Crippen LogP contribution in [0.2, 0.25) is 37.8 Å². The molecule has 4 fully saturated rings. The van der Waals surface area contributed by atoms with Crippen LogP contribution < -0.4 is 0 Å². The Morgan fingerprint density at radius 2 is 0.896 bits per heavy atom. The maximum atomic E-state index is 13.4. The zero-order valence-electron chi connectivity index (χ0n) is 48.8. The van der Waals surface area contributed by atoms with Crippen LogP contribution in [0.1, 0.15) is 192 Å². The molecule has 6 nitrogen and oxygen atoms in total. The largest absolute Gasteiger partial charge is 0.438 e. The smallest absolute Gasteiger partial charge is 0.414 e. The number of aliphatic hydroxyl groups excluding tert-OH is 1. The first kappa shape index (κ1) is 69.7. The standard InChI is InChI=1S/C33H58F6O3Si2.C24H36F6O3/c1-27(2,3)44(11,12)41-25-16-13-22-30(7)24(25)17-18-26(30)29(6,20-14-19-28(4,5)42-43(8,9)10)21-15-23-31(40,32(34,35)36)33(37,38)39;1-19(2,32)11-6-12-20(3,13-7-15-22(33,23(25,26)27)24(28,29)30)18-10-9-16-17(31)8-5-14-21(16,18)4/h24-26,40H,13-14,16-22H2,1-12H3;16-18,31-33H,5-6,8-14H2,1-4H3/t24?,25-,26+,29+,30-;16?,17-,18+,20+,21-/m00/s1. The van der Waals surface area contributed by atoms with Crippen LogP contribution in [0.25, 0.3) is 0 Å². The molecule has 4 N–H and O–H groups in total. The molecule has 0 aliphatic heterocycles. The first-order valence-corrected chi connectivity index (χ1v) is 34.0. The molecule has 0 aromatic carbocycles. The molecule has 4 aliphatic rings. The van der Waals surface area contributed by atoms with E-state index in [-0.39, 0.29) is 58.5 Å². The predicted octanol–water partition coefficient (Wildman–Crippen LogP) is 16.4. The van der Waals surface area contributed by atoms with E-state index in [1.165, 1.54) is 5.92 Å². The second-order valence-corrected chi connectivity index (χ2v) is 37.6. The van der Waals surface area contributed by atoms with Crippen molar-refractivity contribution in [3.8, 4) is 23.7 Å². The monoisotopic (exact) mass is 1160 g/mol. The van der Waals surface area contributed by atoms with Crippen LogP contribution in [0.4, 0.5) is 52.7 Å². The Kier molecular flexibility index (Phi) is 21.4. The van der Waals surface area contributed by atoms with E-state index >= 15 is 0 Å². The van der Waals surface area contributed by atoms with Crippen molar-refractivity contribution in [3.63, 3.8) is 0 Å². The highest BCUT2D eigenvalue weighted by atomic mass is 28.4. The molecule has 0 spiro atoms. The third-order valence-electron chi connectivity index (χ3n) is 18.9. The Labute approximate surface area is 455 Å². The van der Waals surface area contributed by atoms with Gasteiger partial charge in [0.25, 0.3) is 0 Å². The van der Waals surface area contributed by atoms with Crippen molar-refractivity contribution in [3.05, 3.63) is 0 Å². The summed E-state index contributed by atoms with van der Waals surface area (Å²) in [6.07, 6.45) is -13.0. The van der Waals surface area contributed by atoms with Gasteiger partial charge in [0.1, 0.15) is 0 Å². The first-order valence-electron chi connectivity index (χ1n) is 27.7. The molecule has 0 radical (unpaired) electrons. The fourth-order valence-electron chi connectivity index (χ4n) is 14.1. The van der Waals surface area contributed by atoms with Gasteiger partial charge >= 0.3 is 35.9 Å². The van der Waals surface area contributed by atoms with E-state index in [0.29, 0.717) is 51.4 Å². The van der Waals surface area contributed by atoms with E-state index in [0.717, 1.165) is 57.3 Å². The molecule has 0 bridgehead atoms. The van der Waals surface area contributed by atoms with Crippen molar-refractivity contribution in [2.24, 2.45) is 45.3 Å². The van der Waals surface area contributed by atoms with Gasteiger partial charge in [0.05, 0.1) is 17.3 Å². The summed E-state index contributed by atoms with van der Waals surface area (Å²) in [4.78, 5) is 0. The third-order valence-corrected chi connectivity index (χ3v) is 24.6. The van der Waals surface area contributed by atoms with E-state index in [1.807, 2.05) is 27.7 Å². The summed E-state index contributed by atoms with van der Waals surface area (Å²) >= 11 is 0. The molecule has 4 saturated carbocycles. The molecule has 77 heavy (non-hydrogen) atoms. The molecule has 0 amide bonds. The van der Waals surface area contributed by atoms with Crippen molar-refractivity contribution in [2.75, 3.05) is 0 Å². The van der Waals surface area contributed by atoms with Crippen molar-refractivity contribution < 1.29 is 82.0 Å². The highest BCUT2D eigenvalue weighted by molar-refractivity contribution is 6.74. The van der Waals surface area contributed by atoms with Gasteiger partial charge in [-0.15, -0.1) is 0 Å². The third kappa shape index (κ3) is 16.4. The normalized spacial score (nSPS) is 28.9. The fraction of sp³-hybridized carbons (Fsp3) is 0.930. The zero-order chi connectivity index (χ0) is 59.9. The van der Waals surface area contributed by atoms with Crippen LogP contribution in [-0.4, -0.2) is 96.4 Å². The van der Waals surface area contributed by atoms with Gasteiger partial charge in [-0.1, -0.05) is 86.0 Å². The van der Waals surface area contributed by atoms with Crippen molar-refractivity contribution in [1.82, 2.24) is 0 Å². The molecule has 10 atom stereocenters. The van der Waals surface area contributed by atoms with Gasteiger partial charge in [-0.3, -0.25) is 0 Å². The van der Waals surface area contributed by atoms with E-state index in [9.17, 15) is 73.1 Å². The van der Waals surface area contributed by atoms with E-state index in [4.69, 9.17) is 8.85 Å². The SMILES string of the molecule is CC(C)(CCC[C@](C)(CC#CC(O)(C(F)(F)F)C(F)(F)F)[C@H]1CCC2[C@@H](O[Si](C)(C)C(C)(C)C)CCC[C@@]21C)O[Si](C)(C)C.CC(C)(O)CCC[C@](C)(CC#CC(O)(C(F)(F)F)C(F)(F)F)[C@H]1CCC2[C@@H](O)CCC[C@@]21C. The average molecular weight is 1160 g/mol. The van der Waals surface area contributed by atoms with Gasteiger partial charge in [-0.05, 0) is 200 Å². The Morgan fingerprint density at radius 3 is 1.27 bits per heavy atom. The molecule has 2 unspecified atom stereocenters. The van der Waals surface area contributed by atoms with Crippen LogP contribution in [0.15, 0.2) is 0 Å². The van der Waals surface area contributed by atoms with Crippen LogP contribution in [0.5, 0.6) is 0 Å². The number of aliphatic hydroxyl groups is 4. The minimum atomic E-state index is -5.98. The quantitative estimate of drug-likeness (QED) is 0.0698. The molecule has 0 heterocycles. The summed E-state index contributed by atoms with van der Waals surface area (Å²) in [5.74, 6) is 6.92. The maximum absolute atomic E-state index is 13.4. The fourth-order valence-corrected chi connectivity index (χ4v) is 17.3. The Bertz CT molecular complexity index is 2050. The summed E-state index contributed by atoms with van der Waals surface area (Å²) < 4.78 is 172. The minimum Gasteiger partial charge on any atom is -0.414 e. The van der Waals surface area contributed by atoms with Crippen molar-refractivity contribution >= 4 is 16.6 Å². The second-order valence-electron chi connectivity index (χ2n) is 28.4. The lowest BCUT2D eigenvalue weighted by atomic mass is 9.56. The van der Waals surface area contributed by atoms with Gasteiger partial charge < -0.3 is 29.3 Å². The van der Waals surface area contributed by atoms with Gasteiger partial charge in [0.2, 0.25) is 0 Å². The summed E-state index contributed by atoms with van der Waals surface area (Å²) in [5, 5.41) is 39.8. The first-order chi connectivity index (χ1) is 34.2. The lowest BCUT2D eigenvalue weighted by molar-refractivity contribution is -0.344. The number of hydrogen-bond acceptors (Lipinski definition) is 6. The average Bonchev–Trinajstić information content (AvgIpc) is 3.76. The number of hydrogen-bond donors (Lipinski definition) is 4. The predicted molar refractivity (Wildman–Crippen MR) is 282 cm³/mol. The van der Waals surface area contributed by atoms with Gasteiger partial charge in [-0.2, -0.15) is 52.7 Å². The van der Waals surface area contributed by atoms with E-state index in [2.05, 4.69) is 79.2 Å². The number of halogens is 12. The minimum absolute atomic E-state index is 0.0279. The number of rotatable bonds is 16. The van der Waals surface area contributed by atoms with Crippen molar-refractivity contribution in [2.45, 2.75) is 289 Å². The second kappa shape index (κ2) is 23.6. The van der Waals surface area contributed by atoms with E-state index in [1.54, 1.807) is 13.8 Å². The highest BCUT2D eigenvalue weighted by Crippen LogP contribution is 2.65. The molecule has 20 heteroatoms. The van der Waals surface area contributed by atoms with Gasteiger partial charge in [0.15, 0.2) is 16.6 Å². The molecule has 0 saturated heterocycles. The topological polar surface area (TPSA) is 99.4 Å². The molecular formula is C57H94F12O6Si2. The molecule has 450 valence electrons. The molecule has 4 aliphatic carbocycles. The summed E-state index contributed by atoms with van der Waals surface area (Å²) in [7, 11) is -3.91. The Balaban J connectivity index is 0.000000422. The Morgan fingerprint density at radius 1 is 0.519 bits per heavy atom. The summed E-state index contributed by atoms with van der Waals surface area (Å²) in [5.41, 5.74) is -13.4. The molecule has 0 aromatic rings. The number of alkyl halides is 12. The highest BCUT2D eigenvalue weighted by Gasteiger charge is 2.71.